The van der Waals surface area contributed by atoms with Crippen molar-refractivity contribution in [3.05, 3.63) is 65.5 Å². The summed E-state index contributed by atoms with van der Waals surface area (Å²) < 4.78 is 0. The maximum Gasteiger partial charge on any atom is 0.303 e. The van der Waals surface area contributed by atoms with Crippen molar-refractivity contribution >= 4 is 40.2 Å². The number of thiazole rings is 1. The molecule has 0 bridgehead atoms. The molecule has 8 heteroatoms. The van der Waals surface area contributed by atoms with Gasteiger partial charge in [-0.25, -0.2) is 4.98 Å². The zero-order chi connectivity index (χ0) is 19.8. The summed E-state index contributed by atoms with van der Waals surface area (Å²) in [6.45, 7) is 0. The monoisotopic (exact) mass is 394 g/mol. The largest absolute Gasteiger partial charge is 0.481 e. The predicted molar refractivity (Wildman–Crippen MR) is 111 cm³/mol. The van der Waals surface area contributed by atoms with Gasteiger partial charge in [-0.2, -0.15) is 5.10 Å². The van der Waals surface area contributed by atoms with Crippen molar-refractivity contribution in [2.75, 3.05) is 10.7 Å². The van der Waals surface area contributed by atoms with Gasteiger partial charge in [0.2, 0.25) is 11.0 Å². The van der Waals surface area contributed by atoms with Gasteiger partial charge in [-0.05, 0) is 17.7 Å². The van der Waals surface area contributed by atoms with Crippen LogP contribution in [0.15, 0.2) is 65.1 Å². The molecular formula is C20H18N4O3S. The lowest BCUT2D eigenvalue weighted by Gasteiger charge is -2.05. The summed E-state index contributed by atoms with van der Waals surface area (Å²) in [6, 6.07) is 17.0. The van der Waals surface area contributed by atoms with E-state index in [0.29, 0.717) is 10.8 Å². The first kappa shape index (κ1) is 19.2. The topological polar surface area (TPSA) is 104 Å². The number of carboxylic acids is 1. The average molecular weight is 394 g/mol. The minimum Gasteiger partial charge on any atom is -0.481 e. The number of carbonyl (C=O) groups excluding carboxylic acids is 1. The van der Waals surface area contributed by atoms with Gasteiger partial charge in [0, 0.05) is 23.1 Å². The Morgan fingerprint density at radius 3 is 2.54 bits per heavy atom. The van der Waals surface area contributed by atoms with Crippen LogP contribution in [0.25, 0.3) is 11.3 Å². The number of nitrogens with zero attached hydrogens (tertiary/aromatic N) is 2. The Hall–Kier alpha value is -3.52. The molecule has 7 nitrogen and oxygen atoms in total. The van der Waals surface area contributed by atoms with E-state index in [4.69, 9.17) is 5.11 Å². The smallest absolute Gasteiger partial charge is 0.303 e. The zero-order valence-corrected chi connectivity index (χ0v) is 15.6. The Bertz CT molecular complexity index is 969. The van der Waals surface area contributed by atoms with Gasteiger partial charge in [0.15, 0.2) is 0 Å². The lowest BCUT2D eigenvalue weighted by Crippen LogP contribution is -2.13. The van der Waals surface area contributed by atoms with Crippen molar-refractivity contribution < 1.29 is 14.7 Å². The van der Waals surface area contributed by atoms with Crippen LogP contribution >= 0.6 is 11.3 Å². The second-order valence-electron chi connectivity index (χ2n) is 5.84. The summed E-state index contributed by atoms with van der Waals surface area (Å²) in [7, 11) is 0. The van der Waals surface area contributed by atoms with Crippen LogP contribution in [0.5, 0.6) is 0 Å². The minimum absolute atomic E-state index is 0.0539. The Morgan fingerprint density at radius 2 is 1.82 bits per heavy atom. The van der Waals surface area contributed by atoms with E-state index in [0.717, 1.165) is 16.8 Å². The number of aromatic nitrogens is 1. The van der Waals surface area contributed by atoms with Gasteiger partial charge in [0.1, 0.15) is 0 Å². The van der Waals surface area contributed by atoms with Gasteiger partial charge in [-0.1, -0.05) is 42.5 Å². The maximum absolute atomic E-state index is 11.7. The van der Waals surface area contributed by atoms with E-state index in [1.807, 2.05) is 47.8 Å². The molecule has 0 aliphatic rings. The highest BCUT2D eigenvalue weighted by molar-refractivity contribution is 7.14. The Balaban J connectivity index is 1.56. The molecule has 1 aromatic heterocycles. The molecule has 0 fully saturated rings. The predicted octanol–water partition coefficient (Wildman–Crippen LogP) is 4.06. The van der Waals surface area contributed by atoms with E-state index in [9.17, 15) is 9.59 Å². The molecule has 0 radical (unpaired) electrons. The number of hydrazone groups is 1. The van der Waals surface area contributed by atoms with Crippen molar-refractivity contribution in [2.24, 2.45) is 5.10 Å². The highest BCUT2D eigenvalue weighted by Crippen LogP contribution is 2.26. The highest BCUT2D eigenvalue weighted by Gasteiger charge is 2.07. The molecule has 3 N–H and O–H groups in total. The number of benzene rings is 2. The summed E-state index contributed by atoms with van der Waals surface area (Å²) >= 11 is 1.44. The standard InChI is InChI=1S/C20H18N4O3S/c25-18(10-11-19(26)27)22-16-8-6-15(7-9-16)17-13-28-20(23-17)24-21-12-14-4-2-1-3-5-14/h1-9,12-13H,10-11H2,(H,22,25)(H,23,24)(H,26,27)/b21-12-. The first-order valence-electron chi connectivity index (χ1n) is 8.52. The molecule has 0 saturated carbocycles. The van der Waals surface area contributed by atoms with Crippen LogP contribution in [0.1, 0.15) is 18.4 Å². The Kier molecular flexibility index (Phi) is 6.48. The summed E-state index contributed by atoms with van der Waals surface area (Å²) in [5, 5.41) is 18.0. The number of carboxylic acid groups (broad SMARTS) is 1. The molecule has 1 heterocycles. The summed E-state index contributed by atoms with van der Waals surface area (Å²) in [4.78, 5) is 26.7. The fourth-order valence-electron chi connectivity index (χ4n) is 2.33. The number of aliphatic carboxylic acids is 1. The Morgan fingerprint density at radius 1 is 1.07 bits per heavy atom. The van der Waals surface area contributed by atoms with Crippen LogP contribution in [0.3, 0.4) is 0 Å². The van der Waals surface area contributed by atoms with E-state index in [1.54, 1.807) is 18.3 Å². The molecular weight excluding hydrogens is 376 g/mol. The second kappa shape index (κ2) is 9.43. The Labute approximate surface area is 165 Å². The van der Waals surface area contributed by atoms with E-state index < -0.39 is 5.97 Å². The van der Waals surface area contributed by atoms with Crippen molar-refractivity contribution in [1.82, 2.24) is 4.98 Å². The number of nitrogens with one attached hydrogen (secondary N) is 2. The van der Waals surface area contributed by atoms with Crippen molar-refractivity contribution in [3.63, 3.8) is 0 Å². The minimum atomic E-state index is -0.994. The van der Waals surface area contributed by atoms with Crippen LogP contribution in [0.4, 0.5) is 10.8 Å². The third-order valence-corrected chi connectivity index (χ3v) is 4.45. The molecule has 142 valence electrons. The third kappa shape index (κ3) is 5.75. The fraction of sp³-hybridized carbons (Fsp3) is 0.100. The van der Waals surface area contributed by atoms with Crippen LogP contribution in [0.2, 0.25) is 0 Å². The third-order valence-electron chi connectivity index (χ3n) is 3.71. The van der Waals surface area contributed by atoms with Gasteiger partial charge >= 0.3 is 5.97 Å². The second-order valence-corrected chi connectivity index (χ2v) is 6.70. The fourth-order valence-corrected chi connectivity index (χ4v) is 3.00. The van der Waals surface area contributed by atoms with Gasteiger partial charge in [-0.3, -0.25) is 15.0 Å². The number of carbonyl (C=O) groups is 2. The van der Waals surface area contributed by atoms with Crippen LogP contribution in [0, 0.1) is 0 Å². The van der Waals surface area contributed by atoms with Gasteiger partial charge in [0.05, 0.1) is 18.3 Å². The number of amides is 1. The molecule has 0 spiro atoms. The van der Waals surface area contributed by atoms with Gasteiger partial charge in [0.25, 0.3) is 0 Å². The van der Waals surface area contributed by atoms with Gasteiger partial charge in [-0.15, -0.1) is 11.3 Å². The van der Waals surface area contributed by atoms with Crippen LogP contribution in [-0.2, 0) is 9.59 Å². The first-order chi connectivity index (χ1) is 13.6. The maximum atomic E-state index is 11.7. The normalized spacial score (nSPS) is 10.7. The molecule has 0 aliphatic carbocycles. The molecule has 1 amide bonds. The average Bonchev–Trinajstić information content (AvgIpc) is 3.17. The van der Waals surface area contributed by atoms with Gasteiger partial charge < -0.3 is 10.4 Å². The summed E-state index contributed by atoms with van der Waals surface area (Å²) in [5.41, 5.74) is 6.22. The molecule has 0 saturated heterocycles. The first-order valence-corrected chi connectivity index (χ1v) is 9.40. The SMILES string of the molecule is O=C(O)CCC(=O)Nc1ccc(-c2csc(N/N=C\c3ccccc3)n2)cc1. The number of hydrogen-bond donors (Lipinski definition) is 3. The molecule has 28 heavy (non-hydrogen) atoms. The lowest BCUT2D eigenvalue weighted by atomic mass is 10.1. The molecule has 3 rings (SSSR count). The molecule has 2 aromatic carbocycles. The van der Waals surface area contributed by atoms with Crippen LogP contribution < -0.4 is 10.7 Å². The van der Waals surface area contributed by atoms with E-state index in [-0.39, 0.29) is 18.7 Å². The van der Waals surface area contributed by atoms with E-state index in [1.165, 1.54) is 11.3 Å². The van der Waals surface area contributed by atoms with Crippen molar-refractivity contribution in [3.8, 4) is 11.3 Å². The van der Waals surface area contributed by atoms with E-state index in [2.05, 4.69) is 20.8 Å². The summed E-state index contributed by atoms with van der Waals surface area (Å²) in [6.07, 6.45) is 1.48. The van der Waals surface area contributed by atoms with Crippen molar-refractivity contribution in [2.45, 2.75) is 12.8 Å². The number of rotatable bonds is 8. The highest BCUT2D eigenvalue weighted by atomic mass is 32.1. The summed E-state index contributed by atoms with van der Waals surface area (Å²) in [5.74, 6) is -1.32. The molecule has 0 aliphatic heterocycles. The zero-order valence-electron chi connectivity index (χ0n) is 14.8. The molecule has 0 atom stereocenters. The van der Waals surface area contributed by atoms with Crippen molar-refractivity contribution in [1.29, 1.82) is 0 Å². The quantitative estimate of drug-likeness (QED) is 0.395. The molecule has 3 aromatic rings. The number of hydrogen-bond acceptors (Lipinski definition) is 6. The number of anilines is 2. The molecule has 0 unspecified atom stereocenters. The van der Waals surface area contributed by atoms with E-state index >= 15 is 0 Å². The van der Waals surface area contributed by atoms with Crippen LogP contribution in [-0.4, -0.2) is 28.2 Å². The lowest BCUT2D eigenvalue weighted by molar-refractivity contribution is -0.138.